The van der Waals surface area contributed by atoms with E-state index in [9.17, 15) is 24.3 Å². The quantitative estimate of drug-likeness (QED) is 0.240. The molecule has 10 nitrogen and oxygen atoms in total. The lowest BCUT2D eigenvalue weighted by Crippen LogP contribution is -2.59. The number of carbonyl (C=O) groups excluding carboxylic acids is 4. The maximum absolute atomic E-state index is 14.8. The van der Waals surface area contributed by atoms with Gasteiger partial charge in [0.25, 0.3) is 5.91 Å². The summed E-state index contributed by atoms with van der Waals surface area (Å²) in [4.78, 5) is 58.2. The second-order valence-electron chi connectivity index (χ2n) is 12.9. The van der Waals surface area contributed by atoms with Gasteiger partial charge in [-0.2, -0.15) is 0 Å². The van der Waals surface area contributed by atoms with Crippen LogP contribution in [0.2, 0.25) is 0 Å². The van der Waals surface area contributed by atoms with E-state index < -0.39 is 53.6 Å². The van der Waals surface area contributed by atoms with Crippen LogP contribution in [-0.4, -0.2) is 83.3 Å². The molecule has 2 aromatic rings. The molecule has 10 heteroatoms. The number of anilines is 1. The van der Waals surface area contributed by atoms with Crippen LogP contribution in [0.5, 0.6) is 0 Å². The monoisotopic (exact) mass is 631 g/mol. The number of ether oxygens (including phenoxy) is 2. The van der Waals surface area contributed by atoms with E-state index in [0.717, 1.165) is 10.8 Å². The summed E-state index contributed by atoms with van der Waals surface area (Å²) >= 11 is 0. The molecular formula is C36H45N3O7. The molecule has 0 unspecified atom stereocenters. The molecule has 2 aromatic carbocycles. The van der Waals surface area contributed by atoms with Gasteiger partial charge < -0.3 is 29.7 Å². The van der Waals surface area contributed by atoms with Crippen molar-refractivity contribution in [1.29, 1.82) is 0 Å². The number of nitrogens with zero attached hydrogens (tertiary/aromatic N) is 2. The van der Waals surface area contributed by atoms with Gasteiger partial charge in [-0.3, -0.25) is 19.2 Å². The number of carbonyl (C=O) groups is 4. The molecule has 3 heterocycles. The van der Waals surface area contributed by atoms with Gasteiger partial charge >= 0.3 is 5.97 Å². The molecule has 0 aliphatic carbocycles. The zero-order chi connectivity index (χ0) is 33.2. The van der Waals surface area contributed by atoms with Gasteiger partial charge in [-0.05, 0) is 55.0 Å². The number of hydrogen-bond acceptors (Lipinski definition) is 7. The van der Waals surface area contributed by atoms with E-state index in [1.807, 2.05) is 56.3 Å². The molecule has 0 saturated carbocycles. The predicted octanol–water partition coefficient (Wildman–Crippen LogP) is 3.76. The zero-order valence-corrected chi connectivity index (χ0v) is 26.9. The van der Waals surface area contributed by atoms with Crippen molar-refractivity contribution in [3.05, 3.63) is 67.8 Å². The number of nitrogens with one attached hydrogen (secondary N) is 1. The number of amides is 3. The Hall–Kier alpha value is -4.02. The fourth-order valence-electron chi connectivity index (χ4n) is 7.46. The fraction of sp³-hybridized carbons (Fsp3) is 0.500. The number of aliphatic hydroxyl groups is 1. The third-order valence-electron chi connectivity index (χ3n) is 9.66. The topological polar surface area (TPSA) is 125 Å². The van der Waals surface area contributed by atoms with Gasteiger partial charge in [-0.1, -0.05) is 56.3 Å². The number of esters is 1. The minimum atomic E-state index is -1.26. The van der Waals surface area contributed by atoms with Crippen LogP contribution in [0.15, 0.2) is 67.8 Å². The average molecular weight is 632 g/mol. The Labute approximate surface area is 270 Å². The molecule has 3 amide bonds. The molecule has 0 aromatic heterocycles. The Kier molecular flexibility index (Phi) is 9.98. The van der Waals surface area contributed by atoms with Crippen molar-refractivity contribution in [3.63, 3.8) is 0 Å². The van der Waals surface area contributed by atoms with Crippen molar-refractivity contribution in [2.75, 3.05) is 24.6 Å². The molecule has 7 atom stereocenters. The number of allylic oxidation sites excluding steroid dienone is 1. The highest BCUT2D eigenvalue weighted by Gasteiger charge is 2.75. The van der Waals surface area contributed by atoms with E-state index >= 15 is 0 Å². The van der Waals surface area contributed by atoms with Crippen LogP contribution in [-0.2, 0) is 28.7 Å². The standard InChI is InChI=1S/C36H45N3O7/c1-6-8-13-29(41)37-20-23(5)45-35(44)30-28-16-17-36(46-28)31(30)33(42)39(27(21-40)22(3)4)32(36)34(43)38(18-7-2)26-15-14-24-11-9-10-12-25(24)19-26/h6-7,9-12,14-15,19,22-23,27-28,30-32,40H,1-2,8,13,16-18,20-21H2,3-5H3,(H,37,41)/t23-,27+,28-,30+,31+,32-,36+/m1/s1. The summed E-state index contributed by atoms with van der Waals surface area (Å²) in [7, 11) is 0. The molecule has 5 rings (SSSR count). The first-order valence-corrected chi connectivity index (χ1v) is 16.2. The maximum atomic E-state index is 14.8. The SMILES string of the molecule is C=CCCC(=O)NC[C@@H](C)OC(=O)[C@@H]1[C@H]2C(=O)N([C@@H](CO)C(C)C)[C@H](C(=O)N(CC=C)c3ccc4ccccc4c3)[C@]23CC[C@H]1O3. The molecule has 2 bridgehead atoms. The second-order valence-corrected chi connectivity index (χ2v) is 12.9. The molecule has 246 valence electrons. The van der Waals surface area contributed by atoms with E-state index in [0.29, 0.717) is 24.9 Å². The zero-order valence-electron chi connectivity index (χ0n) is 26.9. The Morgan fingerprint density at radius 1 is 1.15 bits per heavy atom. The van der Waals surface area contributed by atoms with E-state index in [-0.39, 0.29) is 43.8 Å². The largest absolute Gasteiger partial charge is 0.460 e. The lowest BCUT2D eigenvalue weighted by molar-refractivity contribution is -0.160. The van der Waals surface area contributed by atoms with Gasteiger partial charge in [0.2, 0.25) is 11.8 Å². The molecule has 3 aliphatic heterocycles. The molecule has 2 N–H and O–H groups in total. The maximum Gasteiger partial charge on any atom is 0.312 e. The molecule has 3 fully saturated rings. The van der Waals surface area contributed by atoms with Crippen LogP contribution in [0, 0.1) is 17.8 Å². The second kappa shape index (κ2) is 13.8. The summed E-state index contributed by atoms with van der Waals surface area (Å²) in [5.74, 6) is -3.55. The summed E-state index contributed by atoms with van der Waals surface area (Å²) in [6.07, 6.45) is 3.79. The smallest absolute Gasteiger partial charge is 0.312 e. The van der Waals surface area contributed by atoms with Crippen LogP contribution in [0.1, 0.15) is 46.5 Å². The van der Waals surface area contributed by atoms with Crippen molar-refractivity contribution in [3.8, 4) is 0 Å². The summed E-state index contributed by atoms with van der Waals surface area (Å²) in [6, 6.07) is 11.9. The molecule has 3 saturated heterocycles. The molecular weight excluding hydrogens is 586 g/mol. The van der Waals surface area contributed by atoms with E-state index in [4.69, 9.17) is 9.47 Å². The van der Waals surface area contributed by atoms with Gasteiger partial charge in [-0.15, -0.1) is 13.2 Å². The Morgan fingerprint density at radius 2 is 1.89 bits per heavy atom. The minimum Gasteiger partial charge on any atom is -0.460 e. The van der Waals surface area contributed by atoms with Crippen molar-refractivity contribution in [2.45, 2.75) is 76.3 Å². The third-order valence-corrected chi connectivity index (χ3v) is 9.66. The van der Waals surface area contributed by atoms with Crippen LogP contribution in [0.3, 0.4) is 0 Å². The highest BCUT2D eigenvalue weighted by molar-refractivity contribution is 6.05. The van der Waals surface area contributed by atoms with Crippen LogP contribution in [0.4, 0.5) is 5.69 Å². The molecule has 1 spiro atoms. The normalized spacial score (nSPS) is 26.1. The number of likely N-dealkylation sites (tertiary alicyclic amines) is 1. The van der Waals surface area contributed by atoms with E-state index in [1.54, 1.807) is 24.0 Å². The Morgan fingerprint density at radius 3 is 2.57 bits per heavy atom. The summed E-state index contributed by atoms with van der Waals surface area (Å²) in [5, 5.41) is 15.3. The number of benzene rings is 2. The first kappa shape index (κ1) is 33.3. The summed E-state index contributed by atoms with van der Waals surface area (Å²) < 4.78 is 12.4. The van der Waals surface area contributed by atoms with Crippen molar-refractivity contribution < 1.29 is 33.8 Å². The average Bonchev–Trinajstić information content (AvgIpc) is 3.69. The fourth-order valence-corrected chi connectivity index (χ4v) is 7.46. The third kappa shape index (κ3) is 5.96. The lowest BCUT2D eigenvalue weighted by Gasteiger charge is -2.40. The summed E-state index contributed by atoms with van der Waals surface area (Å²) in [6.45, 7) is 12.9. The van der Waals surface area contributed by atoms with E-state index in [2.05, 4.69) is 18.5 Å². The number of fused-ring (bicyclic) bond motifs is 2. The van der Waals surface area contributed by atoms with Crippen molar-refractivity contribution in [2.24, 2.45) is 17.8 Å². The predicted molar refractivity (Wildman–Crippen MR) is 175 cm³/mol. The highest BCUT2D eigenvalue weighted by Crippen LogP contribution is 2.59. The Balaban J connectivity index is 1.47. The van der Waals surface area contributed by atoms with Crippen LogP contribution < -0.4 is 10.2 Å². The first-order chi connectivity index (χ1) is 22.1. The number of aliphatic hydroxyl groups excluding tert-OH is 1. The minimum absolute atomic E-state index is 0.124. The van der Waals surface area contributed by atoms with Gasteiger partial charge in [-0.25, -0.2) is 0 Å². The highest BCUT2D eigenvalue weighted by atomic mass is 16.6. The van der Waals surface area contributed by atoms with Crippen molar-refractivity contribution in [1.82, 2.24) is 10.2 Å². The van der Waals surface area contributed by atoms with Gasteiger partial charge in [0.1, 0.15) is 17.7 Å². The van der Waals surface area contributed by atoms with Crippen LogP contribution >= 0.6 is 0 Å². The lowest BCUT2D eigenvalue weighted by atomic mass is 9.70. The van der Waals surface area contributed by atoms with E-state index in [1.165, 1.54) is 4.90 Å². The number of rotatable bonds is 14. The summed E-state index contributed by atoms with van der Waals surface area (Å²) in [5.41, 5.74) is -0.614. The van der Waals surface area contributed by atoms with Gasteiger partial charge in [0.05, 0.1) is 37.1 Å². The van der Waals surface area contributed by atoms with Gasteiger partial charge in [0, 0.05) is 18.7 Å². The van der Waals surface area contributed by atoms with Crippen molar-refractivity contribution >= 4 is 40.2 Å². The van der Waals surface area contributed by atoms with Crippen LogP contribution in [0.25, 0.3) is 10.8 Å². The molecule has 46 heavy (non-hydrogen) atoms. The molecule has 0 radical (unpaired) electrons. The number of hydrogen-bond donors (Lipinski definition) is 2. The molecule has 3 aliphatic rings. The van der Waals surface area contributed by atoms with Gasteiger partial charge in [0.15, 0.2) is 0 Å². The Bertz CT molecular complexity index is 1510. The first-order valence-electron chi connectivity index (χ1n) is 16.2.